The number of carbonyl (C=O) groups excluding carboxylic acids is 1. The van der Waals surface area contributed by atoms with Crippen molar-refractivity contribution in [2.45, 2.75) is 46.7 Å². The summed E-state index contributed by atoms with van der Waals surface area (Å²) >= 11 is 0. The third kappa shape index (κ3) is 2.56. The second-order valence-electron chi connectivity index (χ2n) is 4.63. The summed E-state index contributed by atoms with van der Waals surface area (Å²) in [5, 5.41) is 2.61. The van der Waals surface area contributed by atoms with Crippen LogP contribution in [0.2, 0.25) is 0 Å². The van der Waals surface area contributed by atoms with E-state index >= 15 is 0 Å². The van der Waals surface area contributed by atoms with Crippen LogP contribution in [-0.2, 0) is 17.9 Å². The van der Waals surface area contributed by atoms with Gasteiger partial charge in [0.15, 0.2) is 11.2 Å². The van der Waals surface area contributed by atoms with E-state index in [1.165, 1.54) is 6.92 Å². The Bertz CT molecular complexity index is 686. The van der Waals surface area contributed by atoms with Crippen molar-refractivity contribution in [1.29, 1.82) is 0 Å². The SMILES string of the molecule is CCCCn1c(NC(C)=O)nc(=O)c2c1ncn2CC. The fourth-order valence-electron chi connectivity index (χ4n) is 2.12. The summed E-state index contributed by atoms with van der Waals surface area (Å²) in [4.78, 5) is 31.7. The van der Waals surface area contributed by atoms with E-state index < -0.39 is 0 Å². The minimum atomic E-state index is -0.365. The molecule has 0 radical (unpaired) electrons. The van der Waals surface area contributed by atoms with Crippen LogP contribution in [0.15, 0.2) is 11.1 Å². The maximum absolute atomic E-state index is 12.1. The molecule has 0 aliphatic carbocycles. The largest absolute Gasteiger partial charge is 0.325 e. The van der Waals surface area contributed by atoms with Gasteiger partial charge in [-0.25, -0.2) is 4.98 Å². The third-order valence-electron chi connectivity index (χ3n) is 3.10. The molecule has 108 valence electrons. The summed E-state index contributed by atoms with van der Waals surface area (Å²) in [7, 11) is 0. The summed E-state index contributed by atoms with van der Waals surface area (Å²) in [5.41, 5.74) is 0.692. The Labute approximate surface area is 116 Å². The molecular weight excluding hydrogens is 258 g/mol. The Morgan fingerprint density at radius 1 is 1.40 bits per heavy atom. The maximum atomic E-state index is 12.1. The molecule has 1 N–H and O–H groups in total. The van der Waals surface area contributed by atoms with Gasteiger partial charge >= 0.3 is 5.56 Å². The predicted molar refractivity (Wildman–Crippen MR) is 76.7 cm³/mol. The van der Waals surface area contributed by atoms with Gasteiger partial charge in [-0.05, 0) is 13.3 Å². The van der Waals surface area contributed by atoms with E-state index in [9.17, 15) is 9.59 Å². The van der Waals surface area contributed by atoms with E-state index in [2.05, 4.69) is 22.2 Å². The molecule has 20 heavy (non-hydrogen) atoms. The molecule has 0 spiro atoms. The first-order chi connectivity index (χ1) is 9.58. The number of hydrogen-bond donors (Lipinski definition) is 1. The summed E-state index contributed by atoms with van der Waals surface area (Å²) < 4.78 is 3.57. The van der Waals surface area contributed by atoms with E-state index in [0.29, 0.717) is 24.3 Å². The number of fused-ring (bicyclic) bond motifs is 1. The standard InChI is InChI=1S/C13H19N5O2/c1-4-6-7-18-11-10(17(5-2)8-14-11)12(20)16-13(18)15-9(3)19/h8H,4-7H2,1-3H3,(H,15,16,19,20). The Morgan fingerprint density at radius 3 is 2.75 bits per heavy atom. The number of unbranched alkanes of at least 4 members (excludes halogenated alkanes) is 1. The lowest BCUT2D eigenvalue weighted by atomic mass is 10.3. The number of nitrogens with one attached hydrogen (secondary N) is 1. The van der Waals surface area contributed by atoms with Gasteiger partial charge in [-0.3, -0.25) is 19.5 Å². The lowest BCUT2D eigenvalue weighted by Crippen LogP contribution is -2.22. The van der Waals surface area contributed by atoms with E-state index in [1.807, 2.05) is 6.92 Å². The highest BCUT2D eigenvalue weighted by atomic mass is 16.2. The normalized spacial score (nSPS) is 10.9. The minimum absolute atomic E-state index is 0.253. The molecule has 2 rings (SSSR count). The van der Waals surface area contributed by atoms with Crippen molar-refractivity contribution >= 4 is 23.0 Å². The molecular formula is C13H19N5O2. The number of aromatic nitrogens is 4. The average Bonchev–Trinajstić information content (AvgIpc) is 2.82. The molecule has 2 aromatic heterocycles. The molecule has 0 unspecified atom stereocenters. The smallest absolute Gasteiger partial charge is 0.300 e. The van der Waals surface area contributed by atoms with Gasteiger partial charge in [-0.15, -0.1) is 0 Å². The summed E-state index contributed by atoms with van der Waals surface area (Å²) in [6, 6.07) is 0. The molecule has 1 amide bonds. The zero-order valence-electron chi connectivity index (χ0n) is 12.0. The van der Waals surface area contributed by atoms with Gasteiger partial charge in [-0.1, -0.05) is 13.3 Å². The zero-order valence-corrected chi connectivity index (χ0v) is 12.0. The third-order valence-corrected chi connectivity index (χ3v) is 3.10. The molecule has 0 fully saturated rings. The molecule has 0 saturated heterocycles. The quantitative estimate of drug-likeness (QED) is 0.895. The Balaban J connectivity index is 2.66. The van der Waals surface area contributed by atoms with Crippen LogP contribution in [0.4, 0.5) is 5.95 Å². The van der Waals surface area contributed by atoms with Gasteiger partial charge in [0.1, 0.15) is 0 Å². The molecule has 0 aliphatic rings. The van der Waals surface area contributed by atoms with Crippen LogP contribution >= 0.6 is 0 Å². The Hall–Kier alpha value is -2.18. The van der Waals surface area contributed by atoms with E-state index in [1.54, 1.807) is 15.5 Å². The van der Waals surface area contributed by atoms with Gasteiger partial charge in [0, 0.05) is 20.0 Å². The van der Waals surface area contributed by atoms with Crippen molar-refractivity contribution in [2.24, 2.45) is 0 Å². The van der Waals surface area contributed by atoms with Gasteiger partial charge < -0.3 is 4.57 Å². The molecule has 7 nitrogen and oxygen atoms in total. The monoisotopic (exact) mass is 277 g/mol. The number of carbonyl (C=O) groups is 1. The summed E-state index contributed by atoms with van der Waals surface area (Å²) in [5.74, 6) is 0.0150. The van der Waals surface area contributed by atoms with Crippen molar-refractivity contribution in [3.8, 4) is 0 Å². The number of anilines is 1. The van der Waals surface area contributed by atoms with Crippen molar-refractivity contribution in [1.82, 2.24) is 19.1 Å². The van der Waals surface area contributed by atoms with Gasteiger partial charge in [-0.2, -0.15) is 4.98 Å². The Morgan fingerprint density at radius 2 is 2.15 bits per heavy atom. The predicted octanol–water partition coefficient (Wildman–Crippen LogP) is 1.37. The van der Waals surface area contributed by atoms with E-state index in [0.717, 1.165) is 12.8 Å². The van der Waals surface area contributed by atoms with Crippen molar-refractivity contribution in [3.05, 3.63) is 16.7 Å². The van der Waals surface area contributed by atoms with Crippen LogP contribution in [0, 0.1) is 0 Å². The first kappa shape index (κ1) is 14.2. The zero-order chi connectivity index (χ0) is 14.7. The van der Waals surface area contributed by atoms with Crippen molar-refractivity contribution in [2.75, 3.05) is 5.32 Å². The maximum Gasteiger partial charge on any atom is 0.300 e. The van der Waals surface area contributed by atoms with E-state index in [4.69, 9.17) is 0 Å². The van der Waals surface area contributed by atoms with Crippen LogP contribution in [0.3, 0.4) is 0 Å². The molecule has 0 aromatic carbocycles. The molecule has 2 aromatic rings. The topological polar surface area (TPSA) is 81.8 Å². The van der Waals surface area contributed by atoms with Crippen LogP contribution in [-0.4, -0.2) is 25.0 Å². The molecule has 0 atom stereocenters. The molecule has 0 aliphatic heterocycles. The van der Waals surface area contributed by atoms with Crippen LogP contribution in [0.1, 0.15) is 33.6 Å². The second kappa shape index (κ2) is 5.85. The van der Waals surface area contributed by atoms with E-state index in [-0.39, 0.29) is 17.4 Å². The highest BCUT2D eigenvalue weighted by molar-refractivity contribution is 5.87. The first-order valence-electron chi connectivity index (χ1n) is 6.81. The second-order valence-corrected chi connectivity index (χ2v) is 4.63. The van der Waals surface area contributed by atoms with Gasteiger partial charge in [0.2, 0.25) is 11.9 Å². The van der Waals surface area contributed by atoms with Crippen LogP contribution in [0.25, 0.3) is 11.2 Å². The number of nitrogens with zero attached hydrogens (tertiary/aromatic N) is 4. The fraction of sp³-hybridized carbons (Fsp3) is 0.538. The number of rotatable bonds is 5. The van der Waals surface area contributed by atoms with Crippen molar-refractivity contribution in [3.63, 3.8) is 0 Å². The highest BCUT2D eigenvalue weighted by Crippen LogP contribution is 2.14. The first-order valence-corrected chi connectivity index (χ1v) is 6.81. The summed E-state index contributed by atoms with van der Waals surface area (Å²) in [6.07, 6.45) is 3.56. The van der Waals surface area contributed by atoms with Gasteiger partial charge in [0.25, 0.3) is 0 Å². The fourth-order valence-corrected chi connectivity index (χ4v) is 2.12. The lowest BCUT2D eigenvalue weighted by Gasteiger charge is -2.13. The molecule has 2 heterocycles. The van der Waals surface area contributed by atoms with Gasteiger partial charge in [0.05, 0.1) is 6.33 Å². The van der Waals surface area contributed by atoms with Crippen LogP contribution in [0.5, 0.6) is 0 Å². The summed E-state index contributed by atoms with van der Waals surface area (Å²) in [6.45, 7) is 6.73. The van der Waals surface area contributed by atoms with Crippen molar-refractivity contribution < 1.29 is 4.79 Å². The molecule has 0 saturated carbocycles. The Kier molecular flexibility index (Phi) is 4.16. The average molecular weight is 277 g/mol. The highest BCUT2D eigenvalue weighted by Gasteiger charge is 2.15. The van der Waals surface area contributed by atoms with Crippen LogP contribution < -0.4 is 10.9 Å². The number of aryl methyl sites for hydroxylation is 2. The number of amides is 1. The lowest BCUT2D eigenvalue weighted by molar-refractivity contribution is -0.114. The molecule has 7 heteroatoms. The number of imidazole rings is 1. The molecule has 0 bridgehead atoms. The minimum Gasteiger partial charge on any atom is -0.325 e. The number of hydrogen-bond acceptors (Lipinski definition) is 4.